The van der Waals surface area contributed by atoms with Gasteiger partial charge in [0.1, 0.15) is 11.9 Å². The number of nitrogen functional groups attached to an aromatic ring is 1. The molecule has 2 rings (SSSR count). The minimum absolute atomic E-state index is 0.0310. The molecule has 1 heterocycles. The Balaban J connectivity index is 2.30. The molecule has 0 saturated heterocycles. The number of hydrogen-bond acceptors (Lipinski definition) is 3. The van der Waals surface area contributed by atoms with Gasteiger partial charge < -0.3 is 10.5 Å². The zero-order chi connectivity index (χ0) is 14.0. The monoisotopic (exact) mass is 261 g/mol. The Morgan fingerprint density at radius 1 is 1.37 bits per heavy atom. The molecular weight excluding hydrogens is 238 g/mol. The molecule has 0 spiro atoms. The molecule has 1 aliphatic carbocycles. The van der Waals surface area contributed by atoms with E-state index in [4.69, 9.17) is 15.9 Å². The van der Waals surface area contributed by atoms with Gasteiger partial charge in [-0.25, -0.2) is 4.98 Å². The standard InChI is InChI=1S/C15H23N3O/c1-9-6-4-5-7-12(9)19-15-13(14(16)17)10(2)8-11(3)18-15/h8-9,12H,4-7H2,1-3H3,(H3,16,17). The first-order chi connectivity index (χ1) is 8.99. The zero-order valence-corrected chi connectivity index (χ0v) is 12.0. The summed E-state index contributed by atoms with van der Waals surface area (Å²) in [7, 11) is 0. The first-order valence-corrected chi connectivity index (χ1v) is 6.98. The van der Waals surface area contributed by atoms with Crippen LogP contribution in [-0.2, 0) is 0 Å². The molecular formula is C15H23N3O. The molecule has 0 bridgehead atoms. The number of nitrogens with zero attached hydrogens (tertiary/aromatic N) is 1. The summed E-state index contributed by atoms with van der Waals surface area (Å²) in [5.41, 5.74) is 8.17. The van der Waals surface area contributed by atoms with Gasteiger partial charge >= 0.3 is 0 Å². The third-order valence-corrected chi connectivity index (χ3v) is 3.88. The van der Waals surface area contributed by atoms with E-state index >= 15 is 0 Å². The minimum Gasteiger partial charge on any atom is -0.474 e. The largest absolute Gasteiger partial charge is 0.474 e. The highest BCUT2D eigenvalue weighted by Crippen LogP contribution is 2.29. The molecule has 0 aliphatic heterocycles. The third-order valence-electron chi connectivity index (χ3n) is 3.88. The normalized spacial score (nSPS) is 23.1. The van der Waals surface area contributed by atoms with Crippen LogP contribution in [0, 0.1) is 25.2 Å². The van der Waals surface area contributed by atoms with Crippen molar-refractivity contribution < 1.29 is 4.74 Å². The van der Waals surface area contributed by atoms with Crippen LogP contribution in [0.25, 0.3) is 0 Å². The second-order valence-corrected chi connectivity index (χ2v) is 5.59. The highest BCUT2D eigenvalue weighted by Gasteiger charge is 2.25. The number of aromatic nitrogens is 1. The SMILES string of the molecule is Cc1cc(C)c(C(=N)N)c(OC2CCCCC2C)n1. The molecule has 0 amide bonds. The van der Waals surface area contributed by atoms with Crippen LogP contribution in [-0.4, -0.2) is 16.9 Å². The molecule has 0 radical (unpaired) electrons. The van der Waals surface area contributed by atoms with E-state index in [0.29, 0.717) is 17.4 Å². The molecule has 1 aliphatic rings. The van der Waals surface area contributed by atoms with Crippen molar-refractivity contribution in [3.8, 4) is 5.88 Å². The molecule has 3 N–H and O–H groups in total. The predicted octanol–water partition coefficient (Wildman–Crippen LogP) is 2.94. The number of pyridine rings is 1. The number of nitrogens with one attached hydrogen (secondary N) is 1. The van der Waals surface area contributed by atoms with Gasteiger partial charge in [-0.15, -0.1) is 0 Å². The van der Waals surface area contributed by atoms with Crippen LogP contribution in [0.2, 0.25) is 0 Å². The maximum atomic E-state index is 7.71. The zero-order valence-electron chi connectivity index (χ0n) is 12.0. The Morgan fingerprint density at radius 2 is 2.05 bits per heavy atom. The lowest BCUT2D eigenvalue weighted by Crippen LogP contribution is -2.30. The average molecular weight is 261 g/mol. The fraction of sp³-hybridized carbons (Fsp3) is 0.600. The van der Waals surface area contributed by atoms with Crippen LogP contribution >= 0.6 is 0 Å². The van der Waals surface area contributed by atoms with Gasteiger partial charge in [0.2, 0.25) is 5.88 Å². The smallest absolute Gasteiger partial charge is 0.225 e. The number of hydrogen-bond donors (Lipinski definition) is 2. The lowest BCUT2D eigenvalue weighted by Gasteiger charge is -2.29. The number of ether oxygens (including phenoxy) is 1. The lowest BCUT2D eigenvalue weighted by atomic mass is 9.88. The Hall–Kier alpha value is -1.58. The van der Waals surface area contributed by atoms with Crippen LogP contribution in [0.3, 0.4) is 0 Å². The van der Waals surface area contributed by atoms with Gasteiger partial charge in [-0.1, -0.05) is 13.3 Å². The molecule has 0 aromatic carbocycles. The topological polar surface area (TPSA) is 72.0 Å². The van der Waals surface area contributed by atoms with Gasteiger partial charge in [0.05, 0.1) is 5.56 Å². The van der Waals surface area contributed by atoms with Crippen molar-refractivity contribution in [3.63, 3.8) is 0 Å². The lowest BCUT2D eigenvalue weighted by molar-refractivity contribution is 0.0971. The van der Waals surface area contributed by atoms with Gasteiger partial charge in [0.25, 0.3) is 0 Å². The van der Waals surface area contributed by atoms with E-state index in [1.807, 2.05) is 19.9 Å². The van der Waals surface area contributed by atoms with Crippen LogP contribution in [0.15, 0.2) is 6.07 Å². The first kappa shape index (κ1) is 13.8. The van der Waals surface area contributed by atoms with E-state index in [0.717, 1.165) is 17.7 Å². The molecule has 1 aromatic rings. The molecule has 2 unspecified atom stereocenters. The van der Waals surface area contributed by atoms with Gasteiger partial charge in [-0.05, 0) is 50.7 Å². The summed E-state index contributed by atoms with van der Waals surface area (Å²) in [6, 6.07) is 1.94. The number of aryl methyl sites for hydroxylation is 2. The van der Waals surface area contributed by atoms with Crippen molar-refractivity contribution in [3.05, 3.63) is 22.9 Å². The summed E-state index contributed by atoms with van der Waals surface area (Å²) >= 11 is 0. The van der Waals surface area contributed by atoms with Crippen LogP contribution < -0.4 is 10.5 Å². The van der Waals surface area contributed by atoms with E-state index in [1.165, 1.54) is 19.3 Å². The molecule has 1 aromatic heterocycles. The number of amidine groups is 1. The maximum Gasteiger partial charge on any atom is 0.225 e. The van der Waals surface area contributed by atoms with Crippen molar-refractivity contribution >= 4 is 5.84 Å². The quantitative estimate of drug-likeness (QED) is 0.649. The Kier molecular flexibility index (Phi) is 4.08. The van der Waals surface area contributed by atoms with Crippen LogP contribution in [0.1, 0.15) is 49.4 Å². The van der Waals surface area contributed by atoms with E-state index < -0.39 is 0 Å². The highest BCUT2D eigenvalue weighted by molar-refractivity contribution is 5.98. The Morgan fingerprint density at radius 3 is 2.68 bits per heavy atom. The molecule has 4 nitrogen and oxygen atoms in total. The average Bonchev–Trinajstić information content (AvgIpc) is 2.30. The van der Waals surface area contributed by atoms with Crippen molar-refractivity contribution in [2.45, 2.75) is 52.6 Å². The van der Waals surface area contributed by atoms with Gasteiger partial charge in [-0.2, -0.15) is 0 Å². The molecule has 2 atom stereocenters. The van der Waals surface area contributed by atoms with E-state index in [9.17, 15) is 0 Å². The first-order valence-electron chi connectivity index (χ1n) is 6.98. The molecule has 4 heteroatoms. The Bertz CT molecular complexity index is 485. The van der Waals surface area contributed by atoms with E-state index in [1.54, 1.807) is 0 Å². The molecule has 19 heavy (non-hydrogen) atoms. The second-order valence-electron chi connectivity index (χ2n) is 5.59. The fourth-order valence-electron chi connectivity index (χ4n) is 2.82. The molecule has 1 saturated carbocycles. The van der Waals surface area contributed by atoms with E-state index in [-0.39, 0.29) is 11.9 Å². The van der Waals surface area contributed by atoms with Crippen molar-refractivity contribution in [1.82, 2.24) is 4.98 Å². The summed E-state index contributed by atoms with van der Waals surface area (Å²) < 4.78 is 6.09. The van der Waals surface area contributed by atoms with E-state index in [2.05, 4.69) is 11.9 Å². The van der Waals surface area contributed by atoms with Crippen molar-refractivity contribution in [1.29, 1.82) is 5.41 Å². The van der Waals surface area contributed by atoms with Crippen molar-refractivity contribution in [2.24, 2.45) is 11.7 Å². The summed E-state index contributed by atoms with van der Waals surface area (Å²) in [5.74, 6) is 1.10. The summed E-state index contributed by atoms with van der Waals surface area (Å²) in [6.07, 6.45) is 4.94. The molecule has 104 valence electrons. The van der Waals surface area contributed by atoms with Gasteiger partial charge in [-0.3, -0.25) is 5.41 Å². The second kappa shape index (κ2) is 5.59. The molecule has 1 fully saturated rings. The third kappa shape index (κ3) is 3.06. The maximum absolute atomic E-state index is 7.71. The van der Waals surface area contributed by atoms with Crippen molar-refractivity contribution in [2.75, 3.05) is 0 Å². The number of nitrogens with two attached hydrogens (primary N) is 1. The number of rotatable bonds is 3. The fourth-order valence-corrected chi connectivity index (χ4v) is 2.82. The van der Waals surface area contributed by atoms with Gasteiger partial charge in [0, 0.05) is 5.69 Å². The van der Waals surface area contributed by atoms with Crippen LogP contribution in [0.4, 0.5) is 0 Å². The van der Waals surface area contributed by atoms with Gasteiger partial charge in [0.15, 0.2) is 0 Å². The summed E-state index contributed by atoms with van der Waals surface area (Å²) in [6.45, 7) is 6.11. The minimum atomic E-state index is 0.0310. The summed E-state index contributed by atoms with van der Waals surface area (Å²) in [4.78, 5) is 4.44. The summed E-state index contributed by atoms with van der Waals surface area (Å²) in [5, 5.41) is 7.71. The Labute approximate surface area is 114 Å². The van der Waals surface area contributed by atoms with Crippen LogP contribution in [0.5, 0.6) is 5.88 Å². The highest BCUT2D eigenvalue weighted by atomic mass is 16.5. The predicted molar refractivity (Wildman–Crippen MR) is 76.8 cm³/mol.